The van der Waals surface area contributed by atoms with Gasteiger partial charge in [0.05, 0.1) is 36.7 Å². The van der Waals surface area contributed by atoms with Crippen LogP contribution in [0.2, 0.25) is 0 Å². The lowest BCUT2D eigenvalue weighted by molar-refractivity contribution is -0.104. The molecule has 0 saturated carbocycles. The zero-order valence-electron chi connectivity index (χ0n) is 12.0. The van der Waals surface area contributed by atoms with Gasteiger partial charge in [-0.3, -0.25) is 10.00 Å². The van der Waals surface area contributed by atoms with E-state index in [1.165, 1.54) is 0 Å². The number of nitrogens with zero attached hydrogens (tertiary/aromatic N) is 2. The highest BCUT2D eigenvalue weighted by Gasteiger charge is 2.36. The molecular weight excluding hydrogens is 258 g/mol. The Kier molecular flexibility index (Phi) is 4.07. The van der Waals surface area contributed by atoms with E-state index in [2.05, 4.69) is 22.0 Å². The lowest BCUT2D eigenvalue weighted by atomic mass is 9.92. The first-order valence-electron chi connectivity index (χ1n) is 7.30. The Bertz CT molecular complexity index is 443. The van der Waals surface area contributed by atoms with Crippen molar-refractivity contribution in [3.05, 3.63) is 17.5 Å². The monoisotopic (exact) mass is 281 g/mol. The largest absolute Gasteiger partial charge is 0.388 e. The van der Waals surface area contributed by atoms with E-state index in [0.29, 0.717) is 39.2 Å². The minimum Gasteiger partial charge on any atom is -0.388 e. The summed E-state index contributed by atoms with van der Waals surface area (Å²) in [6.45, 7) is 6.22. The van der Waals surface area contributed by atoms with Crippen molar-refractivity contribution in [2.24, 2.45) is 0 Å². The van der Waals surface area contributed by atoms with Gasteiger partial charge < -0.3 is 14.6 Å². The number of aryl methyl sites for hydroxylation is 1. The molecule has 112 valence electrons. The first kappa shape index (κ1) is 14.0. The summed E-state index contributed by atoms with van der Waals surface area (Å²) in [6, 6.07) is 0.151. The fourth-order valence-corrected chi connectivity index (χ4v) is 3.07. The zero-order valence-corrected chi connectivity index (χ0v) is 12.0. The van der Waals surface area contributed by atoms with E-state index in [9.17, 15) is 5.11 Å². The molecule has 2 aliphatic heterocycles. The molecule has 0 aromatic carbocycles. The van der Waals surface area contributed by atoms with Crippen LogP contribution in [-0.4, -0.2) is 65.3 Å². The number of ether oxygens (including phenoxy) is 2. The van der Waals surface area contributed by atoms with Crippen molar-refractivity contribution in [3.63, 3.8) is 0 Å². The van der Waals surface area contributed by atoms with Gasteiger partial charge in [-0.05, 0) is 12.5 Å². The summed E-state index contributed by atoms with van der Waals surface area (Å²) in [4.78, 5) is 2.31. The lowest BCUT2D eigenvalue weighted by Gasteiger charge is -2.42. The Morgan fingerprint density at radius 3 is 2.90 bits per heavy atom. The maximum atomic E-state index is 10.7. The van der Waals surface area contributed by atoms with Crippen LogP contribution in [0.15, 0.2) is 6.20 Å². The zero-order chi connectivity index (χ0) is 14.0. The molecule has 2 fully saturated rings. The number of aromatic amines is 1. The predicted octanol–water partition coefficient (Wildman–Crippen LogP) is 0.633. The Morgan fingerprint density at radius 1 is 1.40 bits per heavy atom. The third-order valence-electron chi connectivity index (χ3n) is 4.36. The minimum atomic E-state index is -0.637. The summed E-state index contributed by atoms with van der Waals surface area (Å²) >= 11 is 0. The first-order valence-corrected chi connectivity index (χ1v) is 7.30. The highest BCUT2D eigenvalue weighted by Crippen LogP contribution is 2.29. The van der Waals surface area contributed by atoms with Crippen LogP contribution in [0.25, 0.3) is 0 Å². The summed E-state index contributed by atoms with van der Waals surface area (Å²) < 4.78 is 11.0. The smallest absolute Gasteiger partial charge is 0.0818 e. The molecule has 0 amide bonds. The quantitative estimate of drug-likeness (QED) is 0.850. The van der Waals surface area contributed by atoms with Crippen molar-refractivity contribution in [3.8, 4) is 0 Å². The van der Waals surface area contributed by atoms with Crippen molar-refractivity contribution < 1.29 is 14.6 Å². The van der Waals surface area contributed by atoms with Gasteiger partial charge in [0.1, 0.15) is 0 Å². The molecule has 0 aliphatic carbocycles. The molecule has 2 saturated heterocycles. The number of morpholine rings is 1. The van der Waals surface area contributed by atoms with Crippen molar-refractivity contribution >= 4 is 0 Å². The Balaban J connectivity index is 1.74. The second-order valence-corrected chi connectivity index (χ2v) is 5.86. The molecule has 0 spiro atoms. The minimum absolute atomic E-state index is 0.151. The molecule has 1 aromatic heterocycles. The van der Waals surface area contributed by atoms with Gasteiger partial charge in [-0.2, -0.15) is 5.10 Å². The third kappa shape index (κ3) is 2.88. The number of β-amino-alcohol motifs (C(OH)–C–C–N with tert-alkyl or cyclic N) is 1. The molecule has 6 heteroatoms. The summed E-state index contributed by atoms with van der Waals surface area (Å²) in [5, 5.41) is 17.9. The van der Waals surface area contributed by atoms with Gasteiger partial charge in [0.15, 0.2) is 0 Å². The molecule has 1 atom stereocenters. The molecule has 6 nitrogen and oxygen atoms in total. The van der Waals surface area contributed by atoms with Crippen LogP contribution < -0.4 is 0 Å². The normalized spacial score (nSPS) is 27.6. The van der Waals surface area contributed by atoms with Gasteiger partial charge in [0.25, 0.3) is 0 Å². The summed E-state index contributed by atoms with van der Waals surface area (Å²) in [5.74, 6) is 0. The fourth-order valence-electron chi connectivity index (χ4n) is 3.07. The average Bonchev–Trinajstić information content (AvgIpc) is 2.86. The number of nitrogens with one attached hydrogen (secondary N) is 1. The Labute approximate surface area is 119 Å². The highest BCUT2D eigenvalue weighted by molar-refractivity contribution is 5.19. The van der Waals surface area contributed by atoms with Gasteiger partial charge in [-0.1, -0.05) is 0 Å². The molecule has 0 radical (unpaired) electrons. The second-order valence-electron chi connectivity index (χ2n) is 5.86. The number of hydrogen-bond donors (Lipinski definition) is 2. The van der Waals surface area contributed by atoms with Crippen LogP contribution in [0.4, 0.5) is 0 Å². The molecule has 2 aliphatic rings. The van der Waals surface area contributed by atoms with Gasteiger partial charge in [0.2, 0.25) is 0 Å². The third-order valence-corrected chi connectivity index (χ3v) is 4.36. The second kappa shape index (κ2) is 5.81. The van der Waals surface area contributed by atoms with Crippen LogP contribution in [0, 0.1) is 6.92 Å². The number of rotatable bonds is 3. The van der Waals surface area contributed by atoms with E-state index in [1.54, 1.807) is 0 Å². The standard InChI is InChI=1S/C14H23N3O3/c1-11-8-15-16-13(11)12-9-20-7-4-17(12)10-14(18)2-5-19-6-3-14/h8,12,18H,2-7,9-10H2,1H3,(H,15,16)/t12-/m1/s1. The van der Waals surface area contributed by atoms with Gasteiger partial charge in [-0.25, -0.2) is 0 Å². The van der Waals surface area contributed by atoms with Gasteiger partial charge in [-0.15, -0.1) is 0 Å². The first-order chi connectivity index (χ1) is 9.68. The van der Waals surface area contributed by atoms with Crippen LogP contribution in [0.1, 0.15) is 30.1 Å². The van der Waals surface area contributed by atoms with Crippen LogP contribution in [-0.2, 0) is 9.47 Å². The number of H-pyrrole nitrogens is 1. The molecule has 3 heterocycles. The van der Waals surface area contributed by atoms with Crippen molar-refractivity contribution in [1.82, 2.24) is 15.1 Å². The molecule has 0 bridgehead atoms. The number of hydrogen-bond acceptors (Lipinski definition) is 5. The van der Waals surface area contributed by atoms with E-state index in [-0.39, 0.29) is 6.04 Å². The van der Waals surface area contributed by atoms with Crippen molar-refractivity contribution in [1.29, 1.82) is 0 Å². The lowest BCUT2D eigenvalue weighted by Crippen LogP contribution is -2.51. The van der Waals surface area contributed by atoms with E-state index in [1.807, 2.05) is 6.20 Å². The van der Waals surface area contributed by atoms with Crippen LogP contribution in [0.5, 0.6) is 0 Å². The van der Waals surface area contributed by atoms with Crippen LogP contribution >= 0.6 is 0 Å². The number of aliphatic hydroxyl groups is 1. The summed E-state index contributed by atoms with van der Waals surface area (Å²) in [6.07, 6.45) is 3.25. The predicted molar refractivity (Wildman–Crippen MR) is 73.5 cm³/mol. The van der Waals surface area contributed by atoms with Crippen molar-refractivity contribution in [2.45, 2.75) is 31.4 Å². The molecule has 0 unspecified atom stereocenters. The molecule has 2 N–H and O–H groups in total. The van der Waals surface area contributed by atoms with E-state index >= 15 is 0 Å². The topological polar surface area (TPSA) is 70.6 Å². The Morgan fingerprint density at radius 2 is 2.20 bits per heavy atom. The van der Waals surface area contributed by atoms with Gasteiger partial charge >= 0.3 is 0 Å². The highest BCUT2D eigenvalue weighted by atomic mass is 16.5. The molecule has 3 rings (SSSR count). The van der Waals surface area contributed by atoms with E-state index in [4.69, 9.17) is 9.47 Å². The molecular formula is C14H23N3O3. The summed E-state index contributed by atoms with van der Waals surface area (Å²) in [7, 11) is 0. The fraction of sp³-hybridized carbons (Fsp3) is 0.786. The number of aromatic nitrogens is 2. The molecule has 20 heavy (non-hydrogen) atoms. The van der Waals surface area contributed by atoms with Crippen molar-refractivity contribution in [2.75, 3.05) is 39.5 Å². The Hall–Kier alpha value is -0.950. The maximum Gasteiger partial charge on any atom is 0.0818 e. The van der Waals surface area contributed by atoms with Gasteiger partial charge in [0, 0.05) is 39.1 Å². The SMILES string of the molecule is Cc1cn[nH]c1[C@H]1COCCN1CC1(O)CCOCC1. The summed E-state index contributed by atoms with van der Waals surface area (Å²) in [5.41, 5.74) is 1.60. The average molecular weight is 281 g/mol. The maximum absolute atomic E-state index is 10.7. The molecule has 1 aromatic rings. The van der Waals surface area contributed by atoms with E-state index in [0.717, 1.165) is 24.4 Å². The van der Waals surface area contributed by atoms with Crippen LogP contribution in [0.3, 0.4) is 0 Å². The van der Waals surface area contributed by atoms with E-state index < -0.39 is 5.60 Å².